The Morgan fingerprint density at radius 3 is 2.02 bits per heavy atom. The predicted molar refractivity (Wildman–Crippen MR) is 235 cm³/mol. The van der Waals surface area contributed by atoms with Crippen LogP contribution in [0.1, 0.15) is 71.9 Å². The molecule has 0 aliphatic carbocycles. The molecule has 320 valence electrons. The van der Waals surface area contributed by atoms with Gasteiger partial charge in [0.25, 0.3) is 0 Å². The van der Waals surface area contributed by atoms with Gasteiger partial charge in [-0.2, -0.15) is 0 Å². The Kier molecular flexibility index (Phi) is 12.9. The molecule has 2 saturated heterocycles. The van der Waals surface area contributed by atoms with Crippen LogP contribution in [-0.4, -0.2) is 106 Å². The highest BCUT2D eigenvalue weighted by molar-refractivity contribution is 5.93. The van der Waals surface area contributed by atoms with Crippen LogP contribution >= 0.6 is 0 Å². The van der Waals surface area contributed by atoms with Crippen LogP contribution in [0.2, 0.25) is 0 Å². The van der Waals surface area contributed by atoms with Crippen LogP contribution in [0.3, 0.4) is 0 Å². The number of carbonyl (C=O) groups is 4. The molecule has 0 atom stereocenters. The maximum absolute atomic E-state index is 13.6. The fraction of sp³-hybridized carbons (Fsp3) is 0.447. The molecule has 0 unspecified atom stereocenters. The number of likely N-dealkylation sites (tertiary alicyclic amines) is 2. The number of benzene rings is 2. The summed E-state index contributed by atoms with van der Waals surface area (Å²) in [5.74, 6) is -0.330. The van der Waals surface area contributed by atoms with E-state index in [1.54, 1.807) is 0 Å². The first kappa shape index (κ1) is 41.9. The van der Waals surface area contributed by atoms with Gasteiger partial charge in [-0.15, -0.1) is 0 Å². The average Bonchev–Trinajstić information content (AvgIpc) is 3.26. The Balaban J connectivity index is 1.07. The summed E-state index contributed by atoms with van der Waals surface area (Å²) in [6, 6.07) is 18.9. The van der Waals surface area contributed by atoms with Crippen LogP contribution in [-0.2, 0) is 45.0 Å². The second-order valence-corrected chi connectivity index (χ2v) is 17.1. The summed E-state index contributed by atoms with van der Waals surface area (Å²) in [6.07, 6.45) is 7.01. The molecular formula is C47H56N8O6. The van der Waals surface area contributed by atoms with Crippen molar-refractivity contribution in [3.8, 4) is 22.5 Å². The fourth-order valence-electron chi connectivity index (χ4n) is 9.23. The Bertz CT molecular complexity index is 2300. The van der Waals surface area contributed by atoms with Gasteiger partial charge in [-0.25, -0.2) is 9.97 Å². The lowest BCUT2D eigenvalue weighted by atomic mass is 9.90. The first-order chi connectivity index (χ1) is 29.6. The molecule has 2 amide bonds. The fourth-order valence-corrected chi connectivity index (χ4v) is 9.23. The van der Waals surface area contributed by atoms with Gasteiger partial charge in [-0.05, 0) is 148 Å². The van der Waals surface area contributed by atoms with Gasteiger partial charge in [0.15, 0.2) is 0 Å². The normalized spacial score (nSPS) is 17.3. The van der Waals surface area contributed by atoms with Gasteiger partial charge in [-0.3, -0.25) is 29.0 Å². The van der Waals surface area contributed by atoms with E-state index in [9.17, 15) is 24.3 Å². The lowest BCUT2D eigenvalue weighted by Crippen LogP contribution is -2.42. The third-order valence-electron chi connectivity index (χ3n) is 12.7. The predicted octanol–water partition coefficient (Wildman–Crippen LogP) is 5.57. The molecule has 0 radical (unpaired) electrons. The van der Waals surface area contributed by atoms with Crippen molar-refractivity contribution in [1.29, 1.82) is 0 Å². The molecule has 6 N–H and O–H groups in total. The molecule has 2 aromatic heterocycles. The highest BCUT2D eigenvalue weighted by atomic mass is 16.4. The van der Waals surface area contributed by atoms with E-state index in [1.165, 1.54) is 11.1 Å². The minimum Gasteiger partial charge on any atom is -0.480 e. The van der Waals surface area contributed by atoms with E-state index >= 15 is 0 Å². The minimum atomic E-state index is -0.855. The van der Waals surface area contributed by atoms with E-state index in [1.807, 2.05) is 28.0 Å². The first-order valence-corrected chi connectivity index (χ1v) is 21.8. The second-order valence-electron chi connectivity index (χ2n) is 17.1. The number of amides is 2. The number of rotatable bonds is 13. The van der Waals surface area contributed by atoms with E-state index in [-0.39, 0.29) is 36.7 Å². The molecule has 14 heteroatoms. The van der Waals surface area contributed by atoms with E-state index in [0.29, 0.717) is 70.5 Å². The Labute approximate surface area is 356 Å². The number of aliphatic carboxylic acids is 2. The third-order valence-corrected chi connectivity index (χ3v) is 12.7. The Morgan fingerprint density at radius 1 is 0.705 bits per heavy atom. The van der Waals surface area contributed by atoms with Crippen molar-refractivity contribution in [2.75, 3.05) is 68.3 Å². The SMILES string of the molecule is Cc1ccc(CNC(=O)C2CCN(CC(=O)O)CC2)cc1-c1nc2c(cc1Cc1ccc(NC(=O)C3CCN(CC(=O)O)CC3)cc1-c1ccc3c(n1)NCCC3)CCCN2. The van der Waals surface area contributed by atoms with Gasteiger partial charge in [0.2, 0.25) is 11.8 Å². The molecule has 8 rings (SSSR count). The smallest absolute Gasteiger partial charge is 0.317 e. The molecule has 61 heavy (non-hydrogen) atoms. The van der Waals surface area contributed by atoms with Gasteiger partial charge in [-0.1, -0.05) is 24.3 Å². The summed E-state index contributed by atoms with van der Waals surface area (Å²) >= 11 is 0. The second kappa shape index (κ2) is 18.8. The van der Waals surface area contributed by atoms with Crippen LogP contribution in [0.5, 0.6) is 0 Å². The highest BCUT2D eigenvalue weighted by Crippen LogP contribution is 2.36. The molecule has 14 nitrogen and oxygen atoms in total. The number of aryl methyl sites for hydroxylation is 3. The van der Waals surface area contributed by atoms with Crippen LogP contribution in [0.25, 0.3) is 22.5 Å². The molecule has 2 fully saturated rings. The molecule has 6 heterocycles. The van der Waals surface area contributed by atoms with Crippen molar-refractivity contribution in [3.05, 3.63) is 88.0 Å². The number of hydrogen-bond acceptors (Lipinski definition) is 10. The van der Waals surface area contributed by atoms with Crippen LogP contribution in [0.15, 0.2) is 54.6 Å². The van der Waals surface area contributed by atoms with E-state index in [2.05, 4.69) is 64.6 Å². The summed E-state index contributed by atoms with van der Waals surface area (Å²) in [4.78, 5) is 63.4. The quantitative estimate of drug-likeness (QED) is 0.0985. The number of carboxylic acids is 2. The molecule has 0 bridgehead atoms. The standard InChI is InChI=1S/C47H56N8O6/c1-29-6-7-30(26-50-46(60)32-12-18-54(19-13-32)27-41(56)57)22-38(29)43-36(24-35-5-3-17-49-45(35)53-43)23-34-8-10-37(51-47(61)33-14-20-55(21-15-33)28-42(58)59)25-39(34)40-11-9-31-4-2-16-48-44(31)52-40/h6-11,22,24-25,32-33H,2-5,12-21,23,26-28H2,1H3,(H,48,52)(H,49,53)(H,50,60)(H,51,61)(H,56,57)(H,58,59). The summed E-state index contributed by atoms with van der Waals surface area (Å²) in [7, 11) is 0. The molecule has 4 aromatic rings. The van der Waals surface area contributed by atoms with Gasteiger partial charge in [0, 0.05) is 54.7 Å². The summed E-state index contributed by atoms with van der Waals surface area (Å²) in [6.45, 7) is 6.50. The van der Waals surface area contributed by atoms with E-state index in [4.69, 9.17) is 15.1 Å². The number of pyridine rings is 2. The molecule has 4 aliphatic rings. The number of piperidine rings is 2. The zero-order valence-corrected chi connectivity index (χ0v) is 34.9. The summed E-state index contributed by atoms with van der Waals surface area (Å²) < 4.78 is 0. The average molecular weight is 829 g/mol. The number of nitrogens with zero attached hydrogens (tertiary/aromatic N) is 4. The van der Waals surface area contributed by atoms with Crippen LogP contribution in [0.4, 0.5) is 17.3 Å². The monoisotopic (exact) mass is 828 g/mol. The van der Waals surface area contributed by atoms with Gasteiger partial charge >= 0.3 is 11.9 Å². The zero-order chi connectivity index (χ0) is 42.5. The molecule has 4 aliphatic heterocycles. The lowest BCUT2D eigenvalue weighted by molar-refractivity contribution is -0.140. The van der Waals surface area contributed by atoms with Crippen LogP contribution < -0.4 is 21.3 Å². The van der Waals surface area contributed by atoms with Gasteiger partial charge in [0.05, 0.1) is 24.5 Å². The number of fused-ring (bicyclic) bond motifs is 2. The topological polar surface area (TPSA) is 189 Å². The molecular weight excluding hydrogens is 773 g/mol. The number of anilines is 3. The maximum Gasteiger partial charge on any atom is 0.317 e. The van der Waals surface area contributed by atoms with Gasteiger partial charge < -0.3 is 31.5 Å². The maximum atomic E-state index is 13.6. The van der Waals surface area contributed by atoms with Gasteiger partial charge in [0.1, 0.15) is 11.6 Å². The minimum absolute atomic E-state index is 0.00137. The first-order valence-electron chi connectivity index (χ1n) is 21.8. The van der Waals surface area contributed by atoms with Crippen molar-refractivity contribution >= 4 is 41.1 Å². The molecule has 0 saturated carbocycles. The van der Waals surface area contributed by atoms with E-state index < -0.39 is 11.9 Å². The Morgan fingerprint density at radius 2 is 1.34 bits per heavy atom. The third kappa shape index (κ3) is 10.2. The lowest BCUT2D eigenvalue weighted by Gasteiger charge is -2.30. The number of nitrogens with one attached hydrogen (secondary N) is 4. The highest BCUT2D eigenvalue weighted by Gasteiger charge is 2.28. The molecule has 0 spiro atoms. The van der Waals surface area contributed by atoms with Crippen molar-refractivity contribution < 1.29 is 29.4 Å². The zero-order valence-electron chi connectivity index (χ0n) is 34.9. The number of hydrogen-bond donors (Lipinski definition) is 6. The van der Waals surface area contributed by atoms with Crippen molar-refractivity contribution in [1.82, 2.24) is 25.1 Å². The summed E-state index contributed by atoms with van der Waals surface area (Å²) in [5.41, 5.74) is 10.8. The van der Waals surface area contributed by atoms with Crippen molar-refractivity contribution in [2.24, 2.45) is 11.8 Å². The van der Waals surface area contributed by atoms with Crippen LogP contribution in [0, 0.1) is 18.8 Å². The van der Waals surface area contributed by atoms with E-state index in [0.717, 1.165) is 95.2 Å². The largest absolute Gasteiger partial charge is 0.480 e. The Hall–Kier alpha value is -5.86. The molecule has 2 aromatic carbocycles. The number of carboxylic acid groups (broad SMARTS) is 2. The number of aromatic nitrogens is 2. The number of carbonyl (C=O) groups excluding carboxylic acids is 2. The van der Waals surface area contributed by atoms with Crippen molar-refractivity contribution in [3.63, 3.8) is 0 Å². The van der Waals surface area contributed by atoms with Crippen molar-refractivity contribution in [2.45, 2.75) is 71.3 Å². The summed E-state index contributed by atoms with van der Waals surface area (Å²) in [5, 5.41) is 31.7.